The van der Waals surface area contributed by atoms with Gasteiger partial charge in [0.25, 0.3) is 0 Å². The molecule has 0 aliphatic carbocycles. The van der Waals surface area contributed by atoms with Gasteiger partial charge in [0.2, 0.25) is 5.91 Å². The predicted molar refractivity (Wildman–Crippen MR) is 71.7 cm³/mol. The maximum atomic E-state index is 12.6. The van der Waals surface area contributed by atoms with Gasteiger partial charge in [-0.05, 0) is 11.6 Å². The molecule has 2 atom stereocenters. The standard InChI is InChI=1S/C14H16N2O4/c17-13(10-8-20-6-5-15-10)16-11-4-2-1-3-9(11)7-12(16)14(18)19/h1-4,10,12,15H,5-8H2,(H,18,19). The number of hydrogen-bond donors (Lipinski definition) is 2. The lowest BCUT2D eigenvalue weighted by Crippen LogP contribution is -2.55. The van der Waals surface area contributed by atoms with Gasteiger partial charge >= 0.3 is 5.97 Å². The average Bonchev–Trinajstić information content (AvgIpc) is 2.87. The number of ether oxygens (including phenoxy) is 1. The van der Waals surface area contributed by atoms with Gasteiger partial charge in [-0.25, -0.2) is 4.79 Å². The predicted octanol–water partition coefficient (Wildman–Crippen LogP) is 0.0173. The van der Waals surface area contributed by atoms with Gasteiger partial charge in [0, 0.05) is 18.7 Å². The highest BCUT2D eigenvalue weighted by molar-refractivity contribution is 6.04. The fraction of sp³-hybridized carbons (Fsp3) is 0.429. The van der Waals surface area contributed by atoms with Gasteiger partial charge in [-0.15, -0.1) is 0 Å². The molecule has 1 fully saturated rings. The van der Waals surface area contributed by atoms with Crippen molar-refractivity contribution in [2.75, 3.05) is 24.7 Å². The molecule has 20 heavy (non-hydrogen) atoms. The first-order valence-corrected chi connectivity index (χ1v) is 6.63. The van der Waals surface area contributed by atoms with Gasteiger partial charge in [0.1, 0.15) is 12.1 Å². The van der Waals surface area contributed by atoms with Gasteiger partial charge in [0.05, 0.1) is 13.2 Å². The normalized spacial score (nSPS) is 25.3. The van der Waals surface area contributed by atoms with Crippen molar-refractivity contribution >= 4 is 17.6 Å². The van der Waals surface area contributed by atoms with Crippen LogP contribution in [-0.2, 0) is 20.7 Å². The highest BCUT2D eigenvalue weighted by Gasteiger charge is 2.41. The third-order valence-electron chi connectivity index (χ3n) is 3.72. The fourth-order valence-electron chi connectivity index (χ4n) is 2.75. The molecule has 6 nitrogen and oxygen atoms in total. The van der Waals surface area contributed by atoms with Crippen LogP contribution in [-0.4, -0.2) is 48.8 Å². The van der Waals surface area contributed by atoms with Crippen molar-refractivity contribution in [3.63, 3.8) is 0 Å². The third kappa shape index (κ3) is 2.17. The van der Waals surface area contributed by atoms with Crippen LogP contribution < -0.4 is 10.2 Å². The highest BCUT2D eigenvalue weighted by Crippen LogP contribution is 2.32. The lowest BCUT2D eigenvalue weighted by molar-refractivity contribution is -0.140. The van der Waals surface area contributed by atoms with Crippen LogP contribution in [0.25, 0.3) is 0 Å². The SMILES string of the molecule is O=C(O)C1Cc2ccccc2N1C(=O)C1COCCN1. The number of nitrogens with one attached hydrogen (secondary N) is 1. The Balaban J connectivity index is 1.91. The molecule has 1 saturated heterocycles. The molecule has 106 valence electrons. The number of amides is 1. The molecule has 0 aromatic heterocycles. The summed E-state index contributed by atoms with van der Waals surface area (Å²) in [6.45, 7) is 1.45. The molecular formula is C14H16N2O4. The minimum absolute atomic E-state index is 0.234. The van der Waals surface area contributed by atoms with Crippen molar-refractivity contribution in [3.8, 4) is 0 Å². The first-order valence-electron chi connectivity index (χ1n) is 6.63. The number of carbonyl (C=O) groups is 2. The number of hydrogen-bond acceptors (Lipinski definition) is 4. The van der Waals surface area contributed by atoms with E-state index in [2.05, 4.69) is 5.32 Å². The Morgan fingerprint density at radius 2 is 2.15 bits per heavy atom. The van der Waals surface area contributed by atoms with E-state index in [1.54, 1.807) is 6.07 Å². The number of morpholine rings is 1. The second kappa shape index (κ2) is 5.22. The van der Waals surface area contributed by atoms with Gasteiger partial charge in [-0.1, -0.05) is 18.2 Å². The van der Waals surface area contributed by atoms with Crippen molar-refractivity contribution in [2.24, 2.45) is 0 Å². The van der Waals surface area contributed by atoms with Crippen LogP contribution in [0.4, 0.5) is 5.69 Å². The van der Waals surface area contributed by atoms with Crippen LogP contribution in [0.2, 0.25) is 0 Å². The smallest absolute Gasteiger partial charge is 0.327 e. The summed E-state index contributed by atoms with van der Waals surface area (Å²) in [7, 11) is 0. The molecular weight excluding hydrogens is 260 g/mol. The zero-order valence-corrected chi connectivity index (χ0v) is 10.9. The molecule has 2 aliphatic heterocycles. The molecule has 2 heterocycles. The molecule has 2 aliphatic rings. The van der Waals surface area contributed by atoms with E-state index in [0.717, 1.165) is 5.56 Å². The number of fused-ring (bicyclic) bond motifs is 1. The second-order valence-electron chi connectivity index (χ2n) is 4.98. The van der Waals surface area contributed by atoms with E-state index in [9.17, 15) is 14.7 Å². The topological polar surface area (TPSA) is 78.9 Å². The zero-order valence-electron chi connectivity index (χ0n) is 10.9. The van der Waals surface area contributed by atoms with Crippen LogP contribution >= 0.6 is 0 Å². The monoisotopic (exact) mass is 276 g/mol. The summed E-state index contributed by atoms with van der Waals surface area (Å²) in [5.74, 6) is -1.21. The zero-order chi connectivity index (χ0) is 14.1. The van der Waals surface area contributed by atoms with E-state index in [1.807, 2.05) is 18.2 Å². The van der Waals surface area contributed by atoms with Crippen LogP contribution in [0.5, 0.6) is 0 Å². The van der Waals surface area contributed by atoms with E-state index in [1.165, 1.54) is 4.90 Å². The van der Waals surface area contributed by atoms with Crippen molar-refractivity contribution in [2.45, 2.75) is 18.5 Å². The maximum absolute atomic E-state index is 12.6. The Hall–Kier alpha value is -1.92. The number of carboxylic acids is 1. The average molecular weight is 276 g/mol. The number of anilines is 1. The lowest BCUT2D eigenvalue weighted by atomic mass is 10.1. The van der Waals surface area contributed by atoms with E-state index in [4.69, 9.17) is 4.74 Å². The maximum Gasteiger partial charge on any atom is 0.327 e. The van der Waals surface area contributed by atoms with Crippen LogP contribution in [0, 0.1) is 0 Å². The quantitative estimate of drug-likeness (QED) is 0.796. The van der Waals surface area contributed by atoms with Crippen molar-refractivity contribution in [1.82, 2.24) is 5.32 Å². The number of aliphatic carboxylic acids is 1. The Kier molecular flexibility index (Phi) is 3.42. The van der Waals surface area contributed by atoms with E-state index < -0.39 is 18.1 Å². The summed E-state index contributed by atoms with van der Waals surface area (Å²) in [4.78, 5) is 25.4. The molecule has 0 bridgehead atoms. The molecule has 0 radical (unpaired) electrons. The van der Waals surface area contributed by atoms with Gasteiger partial charge < -0.3 is 15.2 Å². The van der Waals surface area contributed by atoms with E-state index in [0.29, 0.717) is 25.3 Å². The molecule has 1 aromatic rings. The number of benzene rings is 1. The Labute approximate surface area is 116 Å². The van der Waals surface area contributed by atoms with Crippen LogP contribution in [0.1, 0.15) is 5.56 Å². The molecule has 0 spiro atoms. The van der Waals surface area contributed by atoms with Gasteiger partial charge in [-0.3, -0.25) is 9.69 Å². The van der Waals surface area contributed by atoms with Gasteiger partial charge in [0.15, 0.2) is 0 Å². The fourth-order valence-corrected chi connectivity index (χ4v) is 2.75. The first-order chi connectivity index (χ1) is 9.68. The first kappa shape index (κ1) is 13.1. The van der Waals surface area contributed by atoms with E-state index >= 15 is 0 Å². The molecule has 2 unspecified atom stereocenters. The van der Waals surface area contributed by atoms with Crippen molar-refractivity contribution in [1.29, 1.82) is 0 Å². The van der Waals surface area contributed by atoms with Gasteiger partial charge in [-0.2, -0.15) is 0 Å². The molecule has 2 N–H and O–H groups in total. The number of carbonyl (C=O) groups excluding carboxylic acids is 1. The summed E-state index contributed by atoms with van der Waals surface area (Å²) in [5.41, 5.74) is 1.59. The Morgan fingerprint density at radius 3 is 2.85 bits per heavy atom. The number of nitrogens with zero attached hydrogens (tertiary/aromatic N) is 1. The summed E-state index contributed by atoms with van der Waals surface area (Å²) in [6.07, 6.45) is 0.352. The van der Waals surface area contributed by atoms with E-state index in [-0.39, 0.29) is 12.5 Å². The minimum atomic E-state index is -0.980. The summed E-state index contributed by atoms with van der Waals surface area (Å²) >= 11 is 0. The third-order valence-corrected chi connectivity index (χ3v) is 3.72. The Morgan fingerprint density at radius 1 is 1.35 bits per heavy atom. The van der Waals surface area contributed by atoms with Crippen molar-refractivity contribution < 1.29 is 19.4 Å². The minimum Gasteiger partial charge on any atom is -0.480 e. The van der Waals surface area contributed by atoms with Crippen LogP contribution in [0.15, 0.2) is 24.3 Å². The number of para-hydroxylation sites is 1. The molecule has 1 aromatic carbocycles. The number of rotatable bonds is 2. The summed E-state index contributed by atoms with van der Waals surface area (Å²) in [5, 5.41) is 12.4. The molecule has 0 saturated carbocycles. The second-order valence-corrected chi connectivity index (χ2v) is 4.98. The lowest BCUT2D eigenvalue weighted by Gasteiger charge is -2.30. The largest absolute Gasteiger partial charge is 0.480 e. The highest BCUT2D eigenvalue weighted by atomic mass is 16.5. The molecule has 6 heteroatoms. The number of carboxylic acid groups (broad SMARTS) is 1. The van der Waals surface area contributed by atoms with Crippen molar-refractivity contribution in [3.05, 3.63) is 29.8 Å². The summed E-state index contributed by atoms with van der Waals surface area (Å²) < 4.78 is 5.29. The molecule has 3 rings (SSSR count). The summed E-state index contributed by atoms with van der Waals surface area (Å²) in [6, 6.07) is 6.02. The van der Waals surface area contributed by atoms with Crippen LogP contribution in [0.3, 0.4) is 0 Å². The Bertz CT molecular complexity index is 540. The molecule has 1 amide bonds.